The smallest absolute Gasteiger partial charge is 0.270 e. The molecule has 1 heterocycles. The lowest BCUT2D eigenvalue weighted by molar-refractivity contribution is -0.122. The highest BCUT2D eigenvalue weighted by atomic mass is 35.5. The number of nitrogens with zero attached hydrogens (tertiary/aromatic N) is 1. The average Bonchev–Trinajstić information content (AvgIpc) is 2.68. The summed E-state index contributed by atoms with van der Waals surface area (Å²) < 4.78 is 10.9. The summed E-state index contributed by atoms with van der Waals surface area (Å²) in [6, 6.07) is 8.97. The van der Waals surface area contributed by atoms with Crippen LogP contribution in [-0.2, 0) is 9.59 Å². The highest BCUT2D eigenvalue weighted by Crippen LogP contribution is 2.37. The first-order valence-electron chi connectivity index (χ1n) is 9.25. The molecule has 1 saturated heterocycles. The van der Waals surface area contributed by atoms with Crippen LogP contribution in [0.3, 0.4) is 0 Å². The Bertz CT molecular complexity index is 1080. The molecule has 1 aliphatic rings. The monoisotopic (exact) mass is 444 g/mol. The number of methoxy groups -OCH3 is 1. The molecule has 0 saturated carbocycles. The molecule has 0 unspecified atom stereocenters. The maximum absolute atomic E-state index is 13.3. The summed E-state index contributed by atoms with van der Waals surface area (Å²) in [4.78, 5) is 27.2. The lowest BCUT2D eigenvalue weighted by atomic mass is 10.0. The van der Waals surface area contributed by atoms with E-state index in [1.165, 1.54) is 18.1 Å². The molecule has 0 spiro atoms. The van der Waals surface area contributed by atoms with Crippen LogP contribution < -0.4 is 19.7 Å². The number of rotatable bonds is 5. The largest absolute Gasteiger partial charge is 0.491 e. The van der Waals surface area contributed by atoms with Gasteiger partial charge in [0.15, 0.2) is 16.6 Å². The number of amides is 2. The molecule has 0 aromatic heterocycles. The number of aryl methyl sites for hydroxylation is 2. The molecule has 6 nitrogen and oxygen atoms in total. The van der Waals surface area contributed by atoms with E-state index in [2.05, 4.69) is 5.32 Å². The van der Waals surface area contributed by atoms with E-state index in [1.54, 1.807) is 12.1 Å². The van der Waals surface area contributed by atoms with E-state index in [-0.39, 0.29) is 10.7 Å². The number of hydrogen-bond acceptors (Lipinski definition) is 5. The average molecular weight is 445 g/mol. The third-order valence-electron chi connectivity index (χ3n) is 4.55. The molecule has 8 heteroatoms. The molecular weight excluding hydrogens is 424 g/mol. The van der Waals surface area contributed by atoms with Crippen molar-refractivity contribution in [3.63, 3.8) is 0 Å². The minimum absolute atomic E-state index is 0.0404. The van der Waals surface area contributed by atoms with Crippen molar-refractivity contribution >= 4 is 52.5 Å². The summed E-state index contributed by atoms with van der Waals surface area (Å²) >= 11 is 11.6. The zero-order valence-electron chi connectivity index (χ0n) is 17.0. The van der Waals surface area contributed by atoms with Gasteiger partial charge in [-0.15, -0.1) is 0 Å². The molecule has 2 aromatic rings. The molecule has 2 aromatic carbocycles. The van der Waals surface area contributed by atoms with Gasteiger partial charge in [0.05, 0.1) is 24.4 Å². The Balaban J connectivity index is 2.08. The number of carbonyl (C=O) groups excluding carboxylic acids is 2. The van der Waals surface area contributed by atoms with E-state index in [0.29, 0.717) is 34.4 Å². The molecule has 0 atom stereocenters. The van der Waals surface area contributed by atoms with Crippen LogP contribution in [-0.4, -0.2) is 30.6 Å². The van der Waals surface area contributed by atoms with Gasteiger partial charge in [-0.3, -0.25) is 19.8 Å². The van der Waals surface area contributed by atoms with Crippen molar-refractivity contribution in [3.05, 3.63) is 57.6 Å². The van der Waals surface area contributed by atoms with Gasteiger partial charge in [0.2, 0.25) is 0 Å². The van der Waals surface area contributed by atoms with E-state index >= 15 is 0 Å². The summed E-state index contributed by atoms with van der Waals surface area (Å²) in [7, 11) is 1.49. The highest BCUT2D eigenvalue weighted by Gasteiger charge is 2.35. The van der Waals surface area contributed by atoms with Crippen molar-refractivity contribution in [2.45, 2.75) is 20.8 Å². The fraction of sp³-hybridized carbons (Fsp3) is 0.227. The Morgan fingerprint density at radius 2 is 1.93 bits per heavy atom. The number of ether oxygens (including phenoxy) is 2. The van der Waals surface area contributed by atoms with Gasteiger partial charge in [-0.2, -0.15) is 0 Å². The molecule has 0 radical (unpaired) electrons. The zero-order valence-corrected chi connectivity index (χ0v) is 18.6. The molecule has 2 amide bonds. The van der Waals surface area contributed by atoms with Gasteiger partial charge in [0.1, 0.15) is 5.57 Å². The van der Waals surface area contributed by atoms with Crippen molar-refractivity contribution in [2.24, 2.45) is 0 Å². The van der Waals surface area contributed by atoms with Crippen LogP contribution in [0.25, 0.3) is 6.08 Å². The van der Waals surface area contributed by atoms with Crippen LogP contribution in [0, 0.1) is 13.8 Å². The quantitative estimate of drug-likeness (QED) is 0.425. The van der Waals surface area contributed by atoms with Gasteiger partial charge in [0.25, 0.3) is 11.8 Å². The number of thiocarbonyl (C=S) groups is 1. The summed E-state index contributed by atoms with van der Waals surface area (Å²) in [6.45, 7) is 6.03. The molecule has 0 aliphatic carbocycles. The van der Waals surface area contributed by atoms with Gasteiger partial charge in [-0.25, -0.2) is 0 Å². The van der Waals surface area contributed by atoms with Crippen LogP contribution in [0.5, 0.6) is 11.5 Å². The Kier molecular flexibility index (Phi) is 6.43. The third kappa shape index (κ3) is 4.17. The Morgan fingerprint density at radius 3 is 2.60 bits per heavy atom. The van der Waals surface area contributed by atoms with Crippen molar-refractivity contribution in [1.29, 1.82) is 0 Å². The standard InChI is InChI=1S/C22H21ClN2O4S/c1-5-29-18-11-14(10-16(23)19(18)28-4)9-15-20(26)24-22(30)25(21(15)27)17-8-12(2)6-7-13(17)3/h6-11H,5H2,1-4H3,(H,24,26,30)/b15-9+. The lowest BCUT2D eigenvalue weighted by Gasteiger charge is -2.30. The fourth-order valence-electron chi connectivity index (χ4n) is 3.14. The van der Waals surface area contributed by atoms with Crippen LogP contribution in [0.4, 0.5) is 5.69 Å². The second kappa shape index (κ2) is 8.85. The van der Waals surface area contributed by atoms with Crippen LogP contribution >= 0.6 is 23.8 Å². The minimum atomic E-state index is -0.573. The second-order valence-corrected chi connectivity index (χ2v) is 7.51. The number of halogens is 1. The predicted octanol–water partition coefficient (Wildman–Crippen LogP) is 4.20. The van der Waals surface area contributed by atoms with Gasteiger partial charge >= 0.3 is 0 Å². The number of benzene rings is 2. The zero-order chi connectivity index (χ0) is 22.0. The van der Waals surface area contributed by atoms with E-state index in [4.69, 9.17) is 33.3 Å². The normalized spacial score (nSPS) is 15.4. The molecule has 30 heavy (non-hydrogen) atoms. The van der Waals surface area contributed by atoms with Crippen LogP contribution in [0.15, 0.2) is 35.9 Å². The first kappa shape index (κ1) is 21.8. The maximum atomic E-state index is 13.3. The molecule has 1 fully saturated rings. The Labute approximate surface area is 185 Å². The van der Waals surface area contributed by atoms with Crippen LogP contribution in [0.1, 0.15) is 23.6 Å². The van der Waals surface area contributed by atoms with Gasteiger partial charge < -0.3 is 9.47 Å². The summed E-state index contributed by atoms with van der Waals surface area (Å²) in [5.41, 5.74) is 2.91. The molecule has 156 valence electrons. The van der Waals surface area contributed by atoms with Crippen molar-refractivity contribution < 1.29 is 19.1 Å². The van der Waals surface area contributed by atoms with Crippen LogP contribution in [0.2, 0.25) is 5.02 Å². The van der Waals surface area contributed by atoms with E-state index in [0.717, 1.165) is 11.1 Å². The number of nitrogens with one attached hydrogen (secondary N) is 1. The first-order valence-corrected chi connectivity index (χ1v) is 10.0. The summed E-state index contributed by atoms with van der Waals surface area (Å²) in [5.74, 6) is -0.276. The Hall–Kier alpha value is -2.90. The minimum Gasteiger partial charge on any atom is -0.491 e. The van der Waals surface area contributed by atoms with Gasteiger partial charge in [-0.05, 0) is 74.0 Å². The van der Waals surface area contributed by atoms with E-state index in [1.807, 2.05) is 39.0 Å². The highest BCUT2D eigenvalue weighted by molar-refractivity contribution is 7.80. The van der Waals surface area contributed by atoms with E-state index < -0.39 is 11.8 Å². The van der Waals surface area contributed by atoms with Gasteiger partial charge in [0, 0.05) is 0 Å². The van der Waals surface area contributed by atoms with Crippen molar-refractivity contribution in [1.82, 2.24) is 5.32 Å². The lowest BCUT2D eigenvalue weighted by Crippen LogP contribution is -2.54. The molecule has 1 aliphatic heterocycles. The number of carbonyl (C=O) groups is 2. The summed E-state index contributed by atoms with van der Waals surface area (Å²) in [6.07, 6.45) is 1.46. The molecule has 1 N–H and O–H groups in total. The molecule has 0 bridgehead atoms. The van der Waals surface area contributed by atoms with Gasteiger partial charge in [-0.1, -0.05) is 23.7 Å². The fourth-order valence-corrected chi connectivity index (χ4v) is 3.71. The number of hydrogen-bond donors (Lipinski definition) is 1. The second-order valence-electron chi connectivity index (χ2n) is 6.71. The molecule has 3 rings (SSSR count). The van der Waals surface area contributed by atoms with Crippen molar-refractivity contribution in [3.8, 4) is 11.5 Å². The first-order chi connectivity index (χ1) is 14.3. The van der Waals surface area contributed by atoms with Crippen molar-refractivity contribution in [2.75, 3.05) is 18.6 Å². The summed E-state index contributed by atoms with van der Waals surface area (Å²) in [5, 5.41) is 2.94. The molecular formula is C22H21ClN2O4S. The maximum Gasteiger partial charge on any atom is 0.270 e. The topological polar surface area (TPSA) is 67.9 Å². The van der Waals surface area contributed by atoms with E-state index in [9.17, 15) is 9.59 Å². The third-order valence-corrected chi connectivity index (χ3v) is 5.12. The SMILES string of the molecule is CCOc1cc(/C=C2\C(=O)NC(=S)N(c3cc(C)ccc3C)C2=O)cc(Cl)c1OC. The predicted molar refractivity (Wildman–Crippen MR) is 121 cm³/mol. The number of anilines is 1. The Morgan fingerprint density at radius 1 is 1.20 bits per heavy atom.